The molecule has 0 saturated carbocycles. The van der Waals surface area contributed by atoms with E-state index < -0.39 is 11.4 Å². The zero-order chi connectivity index (χ0) is 15.5. The maximum absolute atomic E-state index is 12.4. The molecule has 1 aliphatic rings. The van der Waals surface area contributed by atoms with Crippen LogP contribution in [0.25, 0.3) is 0 Å². The average molecular weight is 307 g/mol. The zero-order valence-corrected chi connectivity index (χ0v) is 13.3. The van der Waals surface area contributed by atoms with Gasteiger partial charge in [-0.15, -0.1) is 0 Å². The number of hydrogen-bond donors (Lipinski definition) is 1. The second-order valence-electron chi connectivity index (χ2n) is 5.91. The van der Waals surface area contributed by atoms with E-state index in [1.807, 2.05) is 30.7 Å². The maximum Gasteiger partial charge on any atom is 0.311 e. The second-order valence-corrected chi connectivity index (χ2v) is 6.69. The first-order valence-corrected chi connectivity index (χ1v) is 8.07. The van der Waals surface area contributed by atoms with Gasteiger partial charge in [0.1, 0.15) is 0 Å². The first-order chi connectivity index (χ1) is 9.94. The molecule has 114 valence electrons. The van der Waals surface area contributed by atoms with E-state index in [0.29, 0.717) is 31.5 Å². The van der Waals surface area contributed by atoms with Crippen LogP contribution in [0.15, 0.2) is 28.5 Å². The summed E-state index contributed by atoms with van der Waals surface area (Å²) in [6.45, 7) is 4.86. The summed E-state index contributed by atoms with van der Waals surface area (Å²) in [7, 11) is 0. The Hall–Kier alpha value is -1.62. The van der Waals surface area contributed by atoms with Crippen molar-refractivity contribution in [3.05, 3.63) is 34.0 Å². The monoisotopic (exact) mass is 307 g/mol. The topological polar surface area (TPSA) is 57.6 Å². The molecule has 1 amide bonds. The molecule has 0 aliphatic carbocycles. The van der Waals surface area contributed by atoms with Crippen LogP contribution in [0.3, 0.4) is 0 Å². The minimum Gasteiger partial charge on any atom is -0.481 e. The molecule has 0 bridgehead atoms. The summed E-state index contributed by atoms with van der Waals surface area (Å²) < 4.78 is 0. The standard InChI is InChI=1S/C16H21NO3S/c1-12(2)4-7-16(15(19)20)6-3-8-17(11-16)14(18)13-5-9-21-10-13/h4-5,9-10H,3,6-8,11H2,1-2H3,(H,19,20). The molecular weight excluding hydrogens is 286 g/mol. The summed E-state index contributed by atoms with van der Waals surface area (Å²) in [5.41, 5.74) is 0.918. The molecule has 2 rings (SSSR count). The van der Waals surface area contributed by atoms with Crippen LogP contribution in [-0.4, -0.2) is 35.0 Å². The van der Waals surface area contributed by atoms with Crippen molar-refractivity contribution in [1.29, 1.82) is 0 Å². The first kappa shape index (κ1) is 15.8. The number of allylic oxidation sites excluding steroid dienone is 2. The van der Waals surface area contributed by atoms with Gasteiger partial charge < -0.3 is 10.0 Å². The van der Waals surface area contributed by atoms with Crippen LogP contribution in [0.2, 0.25) is 0 Å². The lowest BCUT2D eigenvalue weighted by molar-refractivity contribution is -0.151. The normalized spacial score (nSPS) is 21.9. The van der Waals surface area contributed by atoms with E-state index in [0.717, 1.165) is 12.0 Å². The summed E-state index contributed by atoms with van der Waals surface area (Å²) in [5, 5.41) is 13.3. The van der Waals surface area contributed by atoms with Gasteiger partial charge in [0.25, 0.3) is 5.91 Å². The molecule has 1 fully saturated rings. The summed E-state index contributed by atoms with van der Waals surface area (Å²) in [5.74, 6) is -0.860. The highest BCUT2D eigenvalue weighted by atomic mass is 32.1. The van der Waals surface area contributed by atoms with Crippen molar-refractivity contribution < 1.29 is 14.7 Å². The van der Waals surface area contributed by atoms with Crippen LogP contribution in [0.4, 0.5) is 0 Å². The maximum atomic E-state index is 12.4. The van der Waals surface area contributed by atoms with E-state index in [2.05, 4.69) is 0 Å². The molecule has 1 aromatic rings. The Morgan fingerprint density at radius 1 is 1.48 bits per heavy atom. The van der Waals surface area contributed by atoms with Crippen molar-refractivity contribution in [3.8, 4) is 0 Å². The number of hydrogen-bond acceptors (Lipinski definition) is 3. The Labute approximate surface area is 129 Å². The third kappa shape index (κ3) is 3.53. The van der Waals surface area contributed by atoms with Gasteiger partial charge in [0.15, 0.2) is 0 Å². The lowest BCUT2D eigenvalue weighted by Gasteiger charge is -2.39. The lowest BCUT2D eigenvalue weighted by atomic mass is 9.76. The lowest BCUT2D eigenvalue weighted by Crippen LogP contribution is -2.49. The number of rotatable bonds is 4. The van der Waals surface area contributed by atoms with Gasteiger partial charge in [0.2, 0.25) is 0 Å². The Kier molecular flexibility index (Phi) is 4.83. The number of thiophene rings is 1. The molecule has 21 heavy (non-hydrogen) atoms. The van der Waals surface area contributed by atoms with Gasteiger partial charge in [0, 0.05) is 18.5 Å². The smallest absolute Gasteiger partial charge is 0.311 e. The summed E-state index contributed by atoms with van der Waals surface area (Å²) >= 11 is 1.48. The predicted octanol–water partition coefficient (Wildman–Crippen LogP) is 3.41. The van der Waals surface area contributed by atoms with Gasteiger partial charge in [-0.05, 0) is 44.6 Å². The third-order valence-corrected chi connectivity index (χ3v) is 4.67. The molecular formula is C16H21NO3S. The van der Waals surface area contributed by atoms with E-state index in [1.165, 1.54) is 11.3 Å². The predicted molar refractivity (Wildman–Crippen MR) is 83.6 cm³/mol. The van der Waals surface area contributed by atoms with Gasteiger partial charge in [-0.25, -0.2) is 0 Å². The highest BCUT2D eigenvalue weighted by Crippen LogP contribution is 2.35. The third-order valence-electron chi connectivity index (χ3n) is 3.99. The van der Waals surface area contributed by atoms with Crippen molar-refractivity contribution in [2.45, 2.75) is 33.1 Å². The molecule has 5 heteroatoms. The summed E-state index contributed by atoms with van der Waals surface area (Å²) in [6.07, 6.45) is 3.81. The van der Waals surface area contributed by atoms with Crippen molar-refractivity contribution in [1.82, 2.24) is 4.90 Å². The Morgan fingerprint density at radius 2 is 2.24 bits per heavy atom. The van der Waals surface area contributed by atoms with Crippen molar-refractivity contribution in [2.24, 2.45) is 5.41 Å². The molecule has 1 atom stereocenters. The molecule has 2 heterocycles. The van der Waals surface area contributed by atoms with Gasteiger partial charge in [-0.3, -0.25) is 9.59 Å². The van der Waals surface area contributed by atoms with Crippen LogP contribution >= 0.6 is 11.3 Å². The van der Waals surface area contributed by atoms with E-state index >= 15 is 0 Å². The number of amides is 1. The number of carboxylic acids is 1. The minimum absolute atomic E-state index is 0.0567. The molecule has 4 nitrogen and oxygen atoms in total. The van der Waals surface area contributed by atoms with E-state index in [-0.39, 0.29) is 5.91 Å². The van der Waals surface area contributed by atoms with Crippen LogP contribution in [-0.2, 0) is 4.79 Å². The fourth-order valence-electron chi connectivity index (χ4n) is 2.70. The number of aliphatic carboxylic acids is 1. The fourth-order valence-corrected chi connectivity index (χ4v) is 3.33. The number of carbonyl (C=O) groups excluding carboxylic acids is 1. The van der Waals surface area contributed by atoms with Crippen LogP contribution in [0, 0.1) is 5.41 Å². The van der Waals surface area contributed by atoms with Gasteiger partial charge in [-0.2, -0.15) is 11.3 Å². The van der Waals surface area contributed by atoms with Crippen LogP contribution < -0.4 is 0 Å². The molecule has 1 aliphatic heterocycles. The molecule has 0 aromatic carbocycles. The van der Waals surface area contributed by atoms with Gasteiger partial charge >= 0.3 is 5.97 Å². The summed E-state index contributed by atoms with van der Waals surface area (Å²) in [6, 6.07) is 1.79. The number of piperidine rings is 1. The molecule has 0 radical (unpaired) electrons. The largest absolute Gasteiger partial charge is 0.481 e. The van der Waals surface area contributed by atoms with E-state index in [9.17, 15) is 14.7 Å². The van der Waals surface area contributed by atoms with Crippen LogP contribution in [0.1, 0.15) is 43.5 Å². The molecule has 1 saturated heterocycles. The number of nitrogens with zero attached hydrogens (tertiary/aromatic N) is 1. The van der Waals surface area contributed by atoms with Gasteiger partial charge in [-0.1, -0.05) is 11.6 Å². The van der Waals surface area contributed by atoms with Crippen molar-refractivity contribution in [3.63, 3.8) is 0 Å². The zero-order valence-electron chi connectivity index (χ0n) is 12.5. The van der Waals surface area contributed by atoms with E-state index in [4.69, 9.17) is 0 Å². The summed E-state index contributed by atoms with van der Waals surface area (Å²) in [4.78, 5) is 25.9. The number of carboxylic acid groups (broad SMARTS) is 1. The minimum atomic E-state index is -0.846. The molecule has 1 unspecified atom stereocenters. The fraction of sp³-hybridized carbons (Fsp3) is 0.500. The molecule has 1 N–H and O–H groups in total. The molecule has 0 spiro atoms. The quantitative estimate of drug-likeness (QED) is 0.867. The van der Waals surface area contributed by atoms with E-state index in [1.54, 1.807) is 11.0 Å². The number of likely N-dealkylation sites (tertiary alicyclic amines) is 1. The first-order valence-electron chi connectivity index (χ1n) is 7.13. The Bertz CT molecular complexity index is 546. The highest BCUT2D eigenvalue weighted by molar-refractivity contribution is 7.08. The molecule has 1 aromatic heterocycles. The van der Waals surface area contributed by atoms with Gasteiger partial charge in [0.05, 0.1) is 11.0 Å². The number of carbonyl (C=O) groups is 2. The highest BCUT2D eigenvalue weighted by Gasteiger charge is 2.42. The SMILES string of the molecule is CC(C)=CCC1(C(=O)O)CCCN(C(=O)c2ccsc2)C1. The Morgan fingerprint density at radius 3 is 2.81 bits per heavy atom. The Balaban J connectivity index is 2.18. The van der Waals surface area contributed by atoms with Crippen LogP contribution in [0.5, 0.6) is 0 Å². The van der Waals surface area contributed by atoms with Crippen molar-refractivity contribution >= 4 is 23.2 Å². The van der Waals surface area contributed by atoms with Crippen molar-refractivity contribution in [2.75, 3.05) is 13.1 Å². The second kappa shape index (κ2) is 6.43. The average Bonchev–Trinajstić information content (AvgIpc) is 2.98.